The lowest BCUT2D eigenvalue weighted by atomic mass is 10.2. The van der Waals surface area contributed by atoms with Gasteiger partial charge in [0, 0.05) is 16.7 Å². The van der Waals surface area contributed by atoms with Crippen LogP contribution in [0.15, 0.2) is 34.0 Å². The second-order valence-electron chi connectivity index (χ2n) is 7.20. The molecule has 0 saturated carbocycles. The summed E-state index contributed by atoms with van der Waals surface area (Å²) in [4.78, 5) is 35.1. The quantitative estimate of drug-likeness (QED) is 0.398. The summed E-state index contributed by atoms with van der Waals surface area (Å²) in [5.41, 5.74) is 3.63. The number of benzene rings is 1. The van der Waals surface area contributed by atoms with Gasteiger partial charge in [0.05, 0.1) is 16.0 Å². The van der Waals surface area contributed by atoms with Gasteiger partial charge in [-0.15, -0.1) is 23.1 Å². The topological polar surface area (TPSA) is 104 Å². The van der Waals surface area contributed by atoms with Crippen LogP contribution in [0.4, 0.5) is 5.82 Å². The number of carbonyl (C=O) groups is 1. The Balaban J connectivity index is 1.61. The number of nitrogens with zero attached hydrogens (tertiary/aromatic N) is 2. The van der Waals surface area contributed by atoms with E-state index < -0.39 is 0 Å². The maximum Gasteiger partial charge on any atom is 0.267 e. The molecule has 4 aromatic rings. The SMILES string of the molecule is Cc1ccc(C)c(SCc2nc3sc(C(=O)Nc4cc(C)[nH]n4)c(C)c3c(=O)[nH]2)c1. The van der Waals surface area contributed by atoms with Crippen molar-refractivity contribution in [1.82, 2.24) is 20.2 Å². The highest BCUT2D eigenvalue weighted by atomic mass is 32.2. The second-order valence-corrected chi connectivity index (χ2v) is 9.21. The molecule has 3 aromatic heterocycles. The Morgan fingerprint density at radius 2 is 2.00 bits per heavy atom. The predicted octanol–water partition coefficient (Wildman–Crippen LogP) is 4.49. The molecule has 0 aliphatic rings. The summed E-state index contributed by atoms with van der Waals surface area (Å²) in [7, 11) is 0. The summed E-state index contributed by atoms with van der Waals surface area (Å²) in [6.07, 6.45) is 0. The van der Waals surface area contributed by atoms with Crippen LogP contribution in [0.1, 0.15) is 37.9 Å². The molecule has 0 radical (unpaired) electrons. The molecule has 9 heteroatoms. The molecule has 0 spiro atoms. The van der Waals surface area contributed by atoms with Crippen LogP contribution in [0, 0.1) is 27.7 Å². The van der Waals surface area contributed by atoms with Crippen molar-refractivity contribution in [3.05, 3.63) is 67.7 Å². The van der Waals surface area contributed by atoms with Crippen LogP contribution in [-0.4, -0.2) is 26.1 Å². The van der Waals surface area contributed by atoms with Crippen LogP contribution in [0.5, 0.6) is 0 Å². The predicted molar refractivity (Wildman–Crippen MR) is 122 cm³/mol. The Morgan fingerprint density at radius 3 is 2.73 bits per heavy atom. The molecule has 0 aliphatic heterocycles. The fraction of sp³-hybridized carbons (Fsp3) is 0.238. The minimum Gasteiger partial charge on any atom is -0.309 e. The molecule has 0 saturated heterocycles. The van der Waals surface area contributed by atoms with E-state index in [4.69, 9.17) is 0 Å². The van der Waals surface area contributed by atoms with Crippen LogP contribution in [0.25, 0.3) is 10.2 Å². The maximum absolute atomic E-state index is 12.7. The summed E-state index contributed by atoms with van der Waals surface area (Å²) >= 11 is 2.86. The van der Waals surface area contributed by atoms with Gasteiger partial charge >= 0.3 is 0 Å². The fourth-order valence-electron chi connectivity index (χ4n) is 3.14. The second kappa shape index (κ2) is 8.08. The molecule has 0 unspecified atom stereocenters. The van der Waals surface area contributed by atoms with Gasteiger partial charge in [-0.1, -0.05) is 17.7 Å². The first-order valence-corrected chi connectivity index (χ1v) is 11.2. The van der Waals surface area contributed by atoms with E-state index >= 15 is 0 Å². The number of thioether (sulfide) groups is 1. The van der Waals surface area contributed by atoms with Crippen molar-refractivity contribution in [2.75, 3.05) is 5.32 Å². The Hall–Kier alpha value is -2.91. The minimum absolute atomic E-state index is 0.222. The number of aromatic nitrogens is 4. The molecule has 7 nitrogen and oxygen atoms in total. The van der Waals surface area contributed by atoms with E-state index in [1.165, 1.54) is 22.5 Å². The summed E-state index contributed by atoms with van der Waals surface area (Å²) in [6.45, 7) is 7.75. The van der Waals surface area contributed by atoms with Gasteiger partial charge < -0.3 is 10.3 Å². The lowest BCUT2D eigenvalue weighted by Gasteiger charge is -2.06. The molecule has 0 bridgehead atoms. The molecule has 0 atom stereocenters. The van der Waals surface area contributed by atoms with E-state index in [0.29, 0.717) is 38.1 Å². The normalized spacial score (nSPS) is 11.2. The van der Waals surface area contributed by atoms with Crippen molar-refractivity contribution in [3.8, 4) is 0 Å². The number of amides is 1. The highest BCUT2D eigenvalue weighted by Gasteiger charge is 2.20. The molecule has 30 heavy (non-hydrogen) atoms. The van der Waals surface area contributed by atoms with Crippen molar-refractivity contribution < 1.29 is 4.79 Å². The van der Waals surface area contributed by atoms with Gasteiger partial charge in [0.2, 0.25) is 0 Å². The molecule has 3 heterocycles. The van der Waals surface area contributed by atoms with Gasteiger partial charge in [-0.25, -0.2) is 4.98 Å². The number of thiophene rings is 1. The highest BCUT2D eigenvalue weighted by molar-refractivity contribution is 7.98. The van der Waals surface area contributed by atoms with E-state index in [0.717, 1.165) is 10.6 Å². The van der Waals surface area contributed by atoms with Crippen molar-refractivity contribution in [2.45, 2.75) is 38.3 Å². The van der Waals surface area contributed by atoms with Gasteiger partial charge in [0.1, 0.15) is 10.7 Å². The fourth-order valence-corrected chi connectivity index (χ4v) is 5.23. The third kappa shape index (κ3) is 4.03. The van der Waals surface area contributed by atoms with E-state index in [1.54, 1.807) is 24.8 Å². The summed E-state index contributed by atoms with van der Waals surface area (Å²) in [6, 6.07) is 8.04. The largest absolute Gasteiger partial charge is 0.309 e. The monoisotopic (exact) mass is 439 g/mol. The molecule has 3 N–H and O–H groups in total. The summed E-state index contributed by atoms with van der Waals surface area (Å²) < 4.78 is 0. The average Bonchev–Trinajstić information content (AvgIpc) is 3.25. The number of hydrogen-bond acceptors (Lipinski definition) is 6. The van der Waals surface area contributed by atoms with E-state index in [9.17, 15) is 9.59 Å². The molecular formula is C21H21N5O2S2. The number of hydrogen-bond donors (Lipinski definition) is 3. The minimum atomic E-state index is -0.298. The molecule has 0 fully saturated rings. The van der Waals surface area contributed by atoms with Crippen LogP contribution in [0.3, 0.4) is 0 Å². The molecule has 1 amide bonds. The summed E-state index contributed by atoms with van der Waals surface area (Å²) in [5.74, 6) is 1.28. The van der Waals surface area contributed by atoms with E-state index in [2.05, 4.69) is 57.5 Å². The van der Waals surface area contributed by atoms with E-state index in [-0.39, 0.29) is 11.5 Å². The Bertz CT molecular complexity index is 1320. The number of aryl methyl sites for hydroxylation is 4. The average molecular weight is 440 g/mol. The Labute approximate surface area is 181 Å². The zero-order valence-corrected chi connectivity index (χ0v) is 18.7. The third-order valence-electron chi connectivity index (χ3n) is 4.71. The smallest absolute Gasteiger partial charge is 0.267 e. The van der Waals surface area contributed by atoms with Crippen LogP contribution in [-0.2, 0) is 5.75 Å². The number of carbonyl (C=O) groups excluding carboxylic acids is 1. The zero-order chi connectivity index (χ0) is 21.4. The van der Waals surface area contributed by atoms with Gasteiger partial charge in [-0.05, 0) is 44.9 Å². The molecule has 1 aromatic carbocycles. The number of rotatable bonds is 5. The van der Waals surface area contributed by atoms with Crippen molar-refractivity contribution in [1.29, 1.82) is 0 Å². The van der Waals surface area contributed by atoms with Crippen molar-refractivity contribution in [3.63, 3.8) is 0 Å². The number of fused-ring (bicyclic) bond motifs is 1. The highest BCUT2D eigenvalue weighted by Crippen LogP contribution is 2.30. The molecule has 4 rings (SSSR count). The number of anilines is 1. The van der Waals surface area contributed by atoms with E-state index in [1.807, 2.05) is 6.92 Å². The van der Waals surface area contributed by atoms with Gasteiger partial charge in [-0.3, -0.25) is 14.7 Å². The molecule has 0 aliphatic carbocycles. The zero-order valence-electron chi connectivity index (χ0n) is 17.0. The Kier molecular flexibility index (Phi) is 5.48. The van der Waals surface area contributed by atoms with Crippen molar-refractivity contribution in [2.24, 2.45) is 0 Å². The number of H-pyrrole nitrogens is 2. The standard InChI is InChI=1S/C21H21N5O2S2/c1-10-5-6-11(2)14(7-10)29-9-16-23-19(27)17-13(4)18(30-21(17)24-16)20(28)22-15-8-12(3)25-26-15/h5-8H,9H2,1-4H3,(H,23,24,27)(H2,22,25,26,28). The maximum atomic E-state index is 12.7. The lowest BCUT2D eigenvalue weighted by molar-refractivity contribution is 0.102. The molecule has 154 valence electrons. The van der Waals surface area contributed by atoms with Crippen LogP contribution < -0.4 is 10.9 Å². The van der Waals surface area contributed by atoms with Crippen LogP contribution in [0.2, 0.25) is 0 Å². The third-order valence-corrected chi connectivity index (χ3v) is 7.06. The number of aromatic amines is 2. The van der Waals surface area contributed by atoms with Gasteiger partial charge in [0.25, 0.3) is 11.5 Å². The van der Waals surface area contributed by atoms with Crippen LogP contribution >= 0.6 is 23.1 Å². The van der Waals surface area contributed by atoms with Gasteiger partial charge in [-0.2, -0.15) is 5.10 Å². The number of nitrogens with one attached hydrogen (secondary N) is 3. The first kappa shape index (κ1) is 20.4. The lowest BCUT2D eigenvalue weighted by Crippen LogP contribution is -2.13. The molecular weight excluding hydrogens is 418 g/mol. The van der Waals surface area contributed by atoms with Crippen molar-refractivity contribution >= 4 is 45.0 Å². The Morgan fingerprint density at radius 1 is 1.20 bits per heavy atom. The van der Waals surface area contributed by atoms with Gasteiger partial charge in [0.15, 0.2) is 5.82 Å². The first-order valence-electron chi connectivity index (χ1n) is 9.37. The first-order chi connectivity index (χ1) is 14.3. The summed E-state index contributed by atoms with van der Waals surface area (Å²) in [5, 5.41) is 10.0.